The van der Waals surface area contributed by atoms with Crippen LogP contribution in [0, 0.1) is 6.92 Å². The molecule has 1 rings (SSSR count). The molecule has 0 spiro atoms. The van der Waals surface area contributed by atoms with Crippen LogP contribution in [0.2, 0.25) is 0 Å². The van der Waals surface area contributed by atoms with Crippen molar-refractivity contribution >= 4 is 9.84 Å². The average Bonchev–Trinajstić information content (AvgIpc) is 2.28. The van der Waals surface area contributed by atoms with Gasteiger partial charge in [0.15, 0.2) is 9.84 Å². The predicted octanol–water partition coefficient (Wildman–Crippen LogP) is 2.25. The van der Waals surface area contributed by atoms with Gasteiger partial charge in [-0.15, -0.1) is 0 Å². The zero-order valence-electron chi connectivity index (χ0n) is 12.4. The molecule has 1 heterocycles. The van der Waals surface area contributed by atoms with Crippen LogP contribution in [0.1, 0.15) is 44.4 Å². The molecular weight excluding hydrogens is 260 g/mol. The first-order chi connectivity index (χ1) is 8.70. The number of aryl methyl sites for hydroxylation is 1. The molecule has 0 saturated carbocycles. The van der Waals surface area contributed by atoms with E-state index in [9.17, 15) is 8.42 Å². The van der Waals surface area contributed by atoms with Crippen molar-refractivity contribution in [2.75, 3.05) is 12.8 Å². The summed E-state index contributed by atoms with van der Waals surface area (Å²) in [6, 6.07) is 1.74. The fourth-order valence-corrected chi connectivity index (χ4v) is 2.65. The van der Waals surface area contributed by atoms with Crippen molar-refractivity contribution in [2.45, 2.75) is 44.9 Å². The minimum Gasteiger partial charge on any atom is -0.309 e. The topological polar surface area (TPSA) is 59.1 Å². The summed E-state index contributed by atoms with van der Waals surface area (Å²) < 4.78 is 23.2. The van der Waals surface area contributed by atoms with Gasteiger partial charge in [0.25, 0.3) is 0 Å². The van der Waals surface area contributed by atoms with E-state index in [1.807, 2.05) is 13.0 Å². The summed E-state index contributed by atoms with van der Waals surface area (Å²) in [5.41, 5.74) is 1.95. The Labute approximate surface area is 116 Å². The van der Waals surface area contributed by atoms with Crippen LogP contribution in [-0.4, -0.2) is 30.9 Å². The van der Waals surface area contributed by atoms with Crippen LogP contribution < -0.4 is 5.32 Å². The maximum atomic E-state index is 12.1. The smallest absolute Gasteiger partial charge is 0.154 e. The second kappa shape index (κ2) is 6.01. The lowest BCUT2D eigenvalue weighted by Crippen LogP contribution is -2.45. The van der Waals surface area contributed by atoms with Gasteiger partial charge in [-0.05, 0) is 44.9 Å². The molecule has 0 amide bonds. The maximum Gasteiger partial charge on any atom is 0.154 e. The average molecular weight is 284 g/mol. The summed E-state index contributed by atoms with van der Waals surface area (Å²) in [5, 5.41) is 3.34. The Bertz CT molecular complexity index is 524. The highest BCUT2D eigenvalue weighted by Gasteiger charge is 2.39. The van der Waals surface area contributed by atoms with Crippen LogP contribution in [0.4, 0.5) is 0 Å². The molecule has 4 nitrogen and oxygen atoms in total. The van der Waals surface area contributed by atoms with E-state index in [-0.39, 0.29) is 6.04 Å². The Morgan fingerprint density at radius 2 is 2.00 bits per heavy atom. The summed E-state index contributed by atoms with van der Waals surface area (Å²) in [6.45, 7) is 8.32. The monoisotopic (exact) mass is 284 g/mol. The normalized spacial score (nSPS) is 14.4. The number of sulfone groups is 1. The van der Waals surface area contributed by atoms with Gasteiger partial charge < -0.3 is 5.32 Å². The molecule has 108 valence electrons. The van der Waals surface area contributed by atoms with Crippen molar-refractivity contribution in [1.29, 1.82) is 0 Å². The Morgan fingerprint density at radius 1 is 1.37 bits per heavy atom. The predicted molar refractivity (Wildman–Crippen MR) is 78.9 cm³/mol. The Balaban J connectivity index is 3.22. The van der Waals surface area contributed by atoms with Crippen LogP contribution in [0.5, 0.6) is 0 Å². The highest BCUT2D eigenvalue weighted by Crippen LogP contribution is 2.32. The molecule has 1 unspecified atom stereocenters. The SMILES string of the molecule is CCCNC(c1cncc(C)c1)C(C)(C)S(C)(=O)=O. The Hall–Kier alpha value is -0.940. The van der Waals surface area contributed by atoms with Crippen LogP contribution in [-0.2, 0) is 9.84 Å². The zero-order chi connectivity index (χ0) is 14.7. The lowest BCUT2D eigenvalue weighted by atomic mass is 9.95. The van der Waals surface area contributed by atoms with Gasteiger partial charge in [0.1, 0.15) is 0 Å². The molecule has 0 aliphatic rings. The third-order valence-electron chi connectivity index (χ3n) is 3.48. The van der Waals surface area contributed by atoms with Gasteiger partial charge >= 0.3 is 0 Å². The van der Waals surface area contributed by atoms with Gasteiger partial charge in [-0.2, -0.15) is 0 Å². The molecule has 19 heavy (non-hydrogen) atoms. The van der Waals surface area contributed by atoms with Crippen LogP contribution in [0.25, 0.3) is 0 Å². The summed E-state index contributed by atoms with van der Waals surface area (Å²) in [7, 11) is -3.18. The summed E-state index contributed by atoms with van der Waals surface area (Å²) in [5.74, 6) is 0. The lowest BCUT2D eigenvalue weighted by Gasteiger charge is -2.33. The van der Waals surface area contributed by atoms with Crippen molar-refractivity contribution in [3.8, 4) is 0 Å². The van der Waals surface area contributed by atoms with E-state index in [4.69, 9.17) is 0 Å². The van der Waals surface area contributed by atoms with E-state index in [1.54, 1.807) is 26.2 Å². The summed E-state index contributed by atoms with van der Waals surface area (Å²) in [6.07, 6.45) is 5.76. The molecule has 0 aliphatic heterocycles. The first-order valence-corrected chi connectivity index (χ1v) is 8.43. The fraction of sp³-hybridized carbons (Fsp3) is 0.643. The largest absolute Gasteiger partial charge is 0.309 e. The van der Waals surface area contributed by atoms with E-state index in [1.165, 1.54) is 6.26 Å². The van der Waals surface area contributed by atoms with Crippen molar-refractivity contribution < 1.29 is 8.42 Å². The third-order valence-corrected chi connectivity index (χ3v) is 5.63. The highest BCUT2D eigenvalue weighted by atomic mass is 32.2. The summed E-state index contributed by atoms with van der Waals surface area (Å²) >= 11 is 0. The minimum absolute atomic E-state index is 0.255. The number of pyridine rings is 1. The molecule has 0 aliphatic carbocycles. The molecule has 5 heteroatoms. The van der Waals surface area contributed by atoms with Gasteiger partial charge in [0, 0.05) is 18.6 Å². The minimum atomic E-state index is -3.18. The lowest BCUT2D eigenvalue weighted by molar-refractivity contribution is 0.419. The van der Waals surface area contributed by atoms with Gasteiger partial charge in [-0.25, -0.2) is 8.42 Å². The van der Waals surface area contributed by atoms with Crippen LogP contribution >= 0.6 is 0 Å². The molecule has 1 aromatic heterocycles. The van der Waals surface area contributed by atoms with E-state index in [0.29, 0.717) is 0 Å². The first kappa shape index (κ1) is 16.1. The van der Waals surface area contributed by atoms with Crippen LogP contribution in [0.3, 0.4) is 0 Å². The van der Waals surface area contributed by atoms with Gasteiger partial charge in [-0.3, -0.25) is 4.98 Å². The molecule has 0 radical (unpaired) electrons. The molecule has 0 bridgehead atoms. The molecule has 1 atom stereocenters. The Morgan fingerprint density at radius 3 is 2.47 bits per heavy atom. The highest BCUT2D eigenvalue weighted by molar-refractivity contribution is 7.92. The number of nitrogens with one attached hydrogen (secondary N) is 1. The fourth-order valence-electron chi connectivity index (χ4n) is 2.00. The molecule has 1 aromatic rings. The van der Waals surface area contributed by atoms with E-state index in [2.05, 4.69) is 17.2 Å². The van der Waals surface area contributed by atoms with E-state index < -0.39 is 14.6 Å². The zero-order valence-corrected chi connectivity index (χ0v) is 13.2. The van der Waals surface area contributed by atoms with Gasteiger partial charge in [0.2, 0.25) is 0 Å². The molecule has 0 saturated heterocycles. The first-order valence-electron chi connectivity index (χ1n) is 6.54. The van der Waals surface area contributed by atoms with E-state index >= 15 is 0 Å². The van der Waals surface area contributed by atoms with Crippen LogP contribution in [0.15, 0.2) is 18.5 Å². The molecule has 0 aromatic carbocycles. The molecular formula is C14H24N2O2S. The number of hydrogen-bond acceptors (Lipinski definition) is 4. The second-order valence-electron chi connectivity index (χ2n) is 5.56. The number of aromatic nitrogens is 1. The number of nitrogens with zero attached hydrogens (tertiary/aromatic N) is 1. The quantitative estimate of drug-likeness (QED) is 0.870. The van der Waals surface area contributed by atoms with Crippen molar-refractivity contribution in [3.05, 3.63) is 29.6 Å². The van der Waals surface area contributed by atoms with Gasteiger partial charge in [0.05, 0.1) is 10.8 Å². The van der Waals surface area contributed by atoms with Crippen molar-refractivity contribution in [2.24, 2.45) is 0 Å². The third kappa shape index (κ3) is 3.76. The standard InChI is InChI=1S/C14H24N2O2S/c1-6-7-16-13(14(3,4)19(5,17)18)12-8-11(2)9-15-10-12/h8-10,13,16H,6-7H2,1-5H3. The molecule has 1 N–H and O–H groups in total. The molecule has 0 fully saturated rings. The number of rotatable bonds is 6. The van der Waals surface area contributed by atoms with Crippen molar-refractivity contribution in [1.82, 2.24) is 10.3 Å². The maximum absolute atomic E-state index is 12.1. The van der Waals surface area contributed by atoms with Crippen molar-refractivity contribution in [3.63, 3.8) is 0 Å². The number of hydrogen-bond donors (Lipinski definition) is 1. The summed E-state index contributed by atoms with van der Waals surface area (Å²) in [4.78, 5) is 4.17. The van der Waals surface area contributed by atoms with Gasteiger partial charge in [-0.1, -0.05) is 13.0 Å². The van der Waals surface area contributed by atoms with E-state index in [0.717, 1.165) is 24.1 Å². The second-order valence-corrected chi connectivity index (χ2v) is 8.15. The Kier molecular flexibility index (Phi) is 5.10.